The van der Waals surface area contributed by atoms with Gasteiger partial charge in [0.05, 0.1) is 22.1 Å². The zero-order valence-electron chi connectivity index (χ0n) is 17.2. The van der Waals surface area contributed by atoms with E-state index in [0.717, 1.165) is 4.88 Å². The van der Waals surface area contributed by atoms with Crippen LogP contribution in [0, 0.1) is 5.82 Å². The zero-order valence-corrected chi connectivity index (χ0v) is 18.9. The summed E-state index contributed by atoms with van der Waals surface area (Å²) in [6.07, 6.45) is 0.657. The molecule has 2 saturated heterocycles. The number of carbonyl (C=O) groups is 1. The molecule has 2 aliphatic heterocycles. The molecule has 0 radical (unpaired) electrons. The highest BCUT2D eigenvalue weighted by Gasteiger charge is 2.35. The summed E-state index contributed by atoms with van der Waals surface area (Å²) >= 11 is 1.48. The Morgan fingerprint density at radius 3 is 2.47 bits per heavy atom. The lowest BCUT2D eigenvalue weighted by molar-refractivity contribution is 0.0576. The molecule has 2 aliphatic rings. The Morgan fingerprint density at radius 2 is 1.84 bits per heavy atom. The second-order valence-electron chi connectivity index (χ2n) is 8.01. The molecular formula is C21H22FN5O3S2. The molecule has 0 aliphatic carbocycles. The average Bonchev–Trinajstić information content (AvgIpc) is 3.53. The van der Waals surface area contributed by atoms with E-state index in [9.17, 15) is 17.6 Å². The van der Waals surface area contributed by atoms with Gasteiger partial charge in [-0.1, -0.05) is 6.07 Å². The summed E-state index contributed by atoms with van der Waals surface area (Å²) in [4.78, 5) is 22.4. The summed E-state index contributed by atoms with van der Waals surface area (Å²) in [7, 11) is -2.94. The molecule has 8 nitrogen and oxygen atoms in total. The van der Waals surface area contributed by atoms with Crippen molar-refractivity contribution in [2.75, 3.05) is 37.7 Å². The molecule has 2 aromatic heterocycles. The number of hydrogen-bond acceptors (Lipinski definition) is 7. The predicted octanol–water partition coefficient (Wildman–Crippen LogP) is 2.08. The fourth-order valence-electron chi connectivity index (χ4n) is 4.23. The van der Waals surface area contributed by atoms with Gasteiger partial charge < -0.3 is 4.90 Å². The maximum absolute atomic E-state index is 13.4. The Kier molecular flexibility index (Phi) is 5.56. The topological polar surface area (TPSA) is 88.4 Å². The highest BCUT2D eigenvalue weighted by molar-refractivity contribution is 7.91. The van der Waals surface area contributed by atoms with Crippen LogP contribution in [-0.2, 0) is 9.84 Å². The van der Waals surface area contributed by atoms with Gasteiger partial charge in [-0.05, 0) is 42.1 Å². The number of halogens is 1. The summed E-state index contributed by atoms with van der Waals surface area (Å²) < 4.78 is 38.5. The summed E-state index contributed by atoms with van der Waals surface area (Å²) in [6.45, 7) is 2.24. The molecule has 1 unspecified atom stereocenters. The Morgan fingerprint density at radius 1 is 1.09 bits per heavy atom. The smallest absolute Gasteiger partial charge is 0.293 e. The van der Waals surface area contributed by atoms with Gasteiger partial charge in [0, 0.05) is 32.2 Å². The molecular weight excluding hydrogens is 453 g/mol. The molecule has 0 saturated carbocycles. The maximum Gasteiger partial charge on any atom is 0.293 e. The molecule has 0 bridgehead atoms. The molecule has 0 N–H and O–H groups in total. The summed E-state index contributed by atoms with van der Waals surface area (Å²) in [6, 6.07) is 9.73. The van der Waals surface area contributed by atoms with Gasteiger partial charge in [-0.15, -0.1) is 16.4 Å². The Balaban J connectivity index is 1.35. The number of piperazine rings is 1. The van der Waals surface area contributed by atoms with E-state index in [0.29, 0.717) is 44.1 Å². The first-order valence-electron chi connectivity index (χ1n) is 10.4. The van der Waals surface area contributed by atoms with Crippen LogP contribution >= 0.6 is 11.3 Å². The molecule has 3 aromatic rings. The van der Waals surface area contributed by atoms with Gasteiger partial charge in [-0.3, -0.25) is 9.69 Å². The van der Waals surface area contributed by atoms with Gasteiger partial charge in [0.25, 0.3) is 5.91 Å². The highest BCUT2D eigenvalue weighted by atomic mass is 32.2. The van der Waals surface area contributed by atoms with E-state index in [1.54, 1.807) is 21.7 Å². The molecule has 0 spiro atoms. The standard InChI is InChI=1S/C21H22FN5O3S2/c22-15-3-5-16(6-4-15)27-20(18-2-1-12-31-18)23-19(24-27)21(28)26-10-8-25(9-11-26)17-7-13-32(29,30)14-17/h1-6,12,17H,7-11,13-14H2. The van der Waals surface area contributed by atoms with Crippen LogP contribution in [0.15, 0.2) is 41.8 Å². The lowest BCUT2D eigenvalue weighted by Gasteiger charge is -2.37. The highest BCUT2D eigenvalue weighted by Crippen LogP contribution is 2.26. The fourth-order valence-corrected chi connectivity index (χ4v) is 6.69. The van der Waals surface area contributed by atoms with Crippen LogP contribution in [-0.4, -0.2) is 82.6 Å². The Labute approximate surface area is 189 Å². The van der Waals surface area contributed by atoms with Gasteiger partial charge in [0.2, 0.25) is 5.82 Å². The minimum absolute atomic E-state index is 0.0403. The SMILES string of the molecule is O=C(c1nc(-c2cccs2)n(-c2ccc(F)cc2)n1)N1CCN(C2CCS(=O)(=O)C2)CC1. The molecule has 1 aromatic carbocycles. The van der Waals surface area contributed by atoms with E-state index in [2.05, 4.69) is 15.0 Å². The first-order chi connectivity index (χ1) is 15.4. The Bertz CT molecular complexity index is 1220. The van der Waals surface area contributed by atoms with Crippen molar-refractivity contribution in [2.24, 2.45) is 0 Å². The third kappa shape index (κ3) is 4.19. The number of nitrogens with zero attached hydrogens (tertiary/aromatic N) is 5. The van der Waals surface area contributed by atoms with Crippen molar-refractivity contribution in [3.8, 4) is 16.4 Å². The average molecular weight is 476 g/mol. The Hall–Kier alpha value is -2.63. The van der Waals surface area contributed by atoms with Crippen LogP contribution in [0.1, 0.15) is 17.0 Å². The molecule has 1 amide bonds. The van der Waals surface area contributed by atoms with Crippen LogP contribution in [0.4, 0.5) is 4.39 Å². The molecule has 11 heteroatoms. The van der Waals surface area contributed by atoms with Crippen LogP contribution in [0.2, 0.25) is 0 Å². The number of amides is 1. The molecule has 1 atom stereocenters. The minimum atomic E-state index is -2.94. The van der Waals surface area contributed by atoms with Crippen molar-refractivity contribution < 1.29 is 17.6 Å². The molecule has 168 valence electrons. The minimum Gasteiger partial charge on any atom is -0.333 e. The van der Waals surface area contributed by atoms with Crippen LogP contribution in [0.25, 0.3) is 16.4 Å². The molecule has 4 heterocycles. The second kappa shape index (κ2) is 8.38. The zero-order chi connectivity index (χ0) is 22.3. The first kappa shape index (κ1) is 21.2. The number of aromatic nitrogens is 3. The van der Waals surface area contributed by atoms with Crippen molar-refractivity contribution in [2.45, 2.75) is 12.5 Å². The van der Waals surface area contributed by atoms with Crippen molar-refractivity contribution in [1.29, 1.82) is 0 Å². The monoisotopic (exact) mass is 475 g/mol. The van der Waals surface area contributed by atoms with Crippen molar-refractivity contribution >= 4 is 27.1 Å². The number of thiophene rings is 1. The second-order valence-corrected chi connectivity index (χ2v) is 11.2. The lowest BCUT2D eigenvalue weighted by Crippen LogP contribution is -2.52. The van der Waals surface area contributed by atoms with Crippen molar-refractivity contribution in [1.82, 2.24) is 24.6 Å². The predicted molar refractivity (Wildman–Crippen MR) is 119 cm³/mol. The van der Waals surface area contributed by atoms with E-state index >= 15 is 0 Å². The summed E-state index contributed by atoms with van der Waals surface area (Å²) in [5.41, 5.74) is 0.619. The molecule has 2 fully saturated rings. The fraction of sp³-hybridized carbons (Fsp3) is 0.381. The third-order valence-corrected chi connectivity index (χ3v) is 8.55. The van der Waals surface area contributed by atoms with E-state index in [-0.39, 0.29) is 35.1 Å². The quantitative estimate of drug-likeness (QED) is 0.574. The van der Waals surface area contributed by atoms with Crippen LogP contribution in [0.5, 0.6) is 0 Å². The van der Waals surface area contributed by atoms with E-state index in [1.807, 2.05) is 17.5 Å². The number of rotatable bonds is 4. The van der Waals surface area contributed by atoms with Gasteiger partial charge in [-0.25, -0.2) is 22.5 Å². The van der Waals surface area contributed by atoms with Gasteiger partial charge >= 0.3 is 0 Å². The van der Waals surface area contributed by atoms with Crippen LogP contribution < -0.4 is 0 Å². The van der Waals surface area contributed by atoms with Crippen molar-refractivity contribution in [3.63, 3.8) is 0 Å². The normalized spacial score (nSPS) is 21.2. The van der Waals surface area contributed by atoms with Gasteiger partial charge in [0.15, 0.2) is 15.7 Å². The number of carbonyl (C=O) groups excluding carboxylic acids is 1. The summed E-state index contributed by atoms with van der Waals surface area (Å²) in [5.74, 6) is 0.458. The van der Waals surface area contributed by atoms with E-state index < -0.39 is 9.84 Å². The van der Waals surface area contributed by atoms with Gasteiger partial charge in [0.1, 0.15) is 5.82 Å². The molecule has 32 heavy (non-hydrogen) atoms. The molecule has 5 rings (SSSR count). The number of hydrogen-bond donors (Lipinski definition) is 0. The van der Waals surface area contributed by atoms with E-state index in [4.69, 9.17) is 0 Å². The van der Waals surface area contributed by atoms with Gasteiger partial charge in [-0.2, -0.15) is 0 Å². The van der Waals surface area contributed by atoms with Crippen LogP contribution in [0.3, 0.4) is 0 Å². The largest absolute Gasteiger partial charge is 0.333 e. The summed E-state index contributed by atoms with van der Waals surface area (Å²) in [5, 5.41) is 6.38. The number of benzene rings is 1. The first-order valence-corrected chi connectivity index (χ1v) is 13.1. The maximum atomic E-state index is 13.4. The lowest BCUT2D eigenvalue weighted by atomic mass is 10.2. The van der Waals surface area contributed by atoms with E-state index in [1.165, 1.54) is 23.5 Å². The third-order valence-electron chi connectivity index (χ3n) is 5.94. The van der Waals surface area contributed by atoms with Crippen molar-refractivity contribution in [3.05, 3.63) is 53.4 Å². The number of sulfone groups is 1.